The molecule has 1 saturated heterocycles. The van der Waals surface area contributed by atoms with Gasteiger partial charge in [0.15, 0.2) is 0 Å². The van der Waals surface area contributed by atoms with E-state index in [1.54, 1.807) is 0 Å². The number of carbonyl (C=O) groups excluding carboxylic acids is 2. The number of amides is 2. The van der Waals surface area contributed by atoms with E-state index in [9.17, 15) is 9.59 Å². The highest BCUT2D eigenvalue weighted by molar-refractivity contribution is 6.18. The van der Waals surface area contributed by atoms with Crippen molar-refractivity contribution in [3.05, 3.63) is 17.1 Å². The number of fused-ring (bicyclic) bond motifs is 1. The molecule has 6 nitrogen and oxygen atoms in total. The highest BCUT2D eigenvalue weighted by Crippen LogP contribution is 2.37. The maximum Gasteiger partial charge on any atom is 0.232 e. The van der Waals surface area contributed by atoms with Gasteiger partial charge in [0.25, 0.3) is 0 Å². The van der Waals surface area contributed by atoms with Crippen LogP contribution >= 0.6 is 11.6 Å². The van der Waals surface area contributed by atoms with Crippen molar-refractivity contribution in [1.29, 1.82) is 0 Å². The lowest BCUT2D eigenvalue weighted by molar-refractivity contribution is -0.129. The lowest BCUT2D eigenvalue weighted by atomic mass is 10.1. The van der Waals surface area contributed by atoms with Gasteiger partial charge in [0.05, 0.1) is 6.42 Å². The quantitative estimate of drug-likeness (QED) is 0.752. The topological polar surface area (TPSA) is 66.4 Å². The van der Waals surface area contributed by atoms with Gasteiger partial charge >= 0.3 is 0 Å². The third kappa shape index (κ3) is 3.24. The average molecular weight is 363 g/mol. The zero-order valence-corrected chi connectivity index (χ0v) is 15.3. The Labute approximate surface area is 152 Å². The maximum absolute atomic E-state index is 12.4. The summed E-state index contributed by atoms with van der Waals surface area (Å²) < 4.78 is 0. The van der Waals surface area contributed by atoms with E-state index in [1.807, 2.05) is 16.7 Å². The second-order valence-corrected chi connectivity index (χ2v) is 7.74. The van der Waals surface area contributed by atoms with Crippen molar-refractivity contribution < 1.29 is 9.59 Å². The molecule has 3 aliphatic rings. The Balaban J connectivity index is 1.56. The lowest BCUT2D eigenvalue weighted by Gasteiger charge is -2.19. The number of anilines is 1. The molecule has 1 unspecified atom stereocenters. The molecular formula is C18H23ClN4O2. The zero-order valence-electron chi connectivity index (χ0n) is 14.5. The number of carbonyl (C=O) groups is 2. The molecule has 0 radical (unpaired) electrons. The fourth-order valence-corrected chi connectivity index (χ4v) is 3.92. The van der Waals surface area contributed by atoms with Gasteiger partial charge in [0.2, 0.25) is 11.8 Å². The van der Waals surface area contributed by atoms with Crippen molar-refractivity contribution in [2.45, 2.75) is 44.9 Å². The summed E-state index contributed by atoms with van der Waals surface area (Å²) in [6, 6.07) is 0. The smallest absolute Gasteiger partial charge is 0.232 e. The van der Waals surface area contributed by atoms with E-state index in [1.165, 1.54) is 12.8 Å². The first kappa shape index (κ1) is 16.8. The summed E-state index contributed by atoms with van der Waals surface area (Å²) >= 11 is 5.68. The minimum atomic E-state index is 0.0981. The van der Waals surface area contributed by atoms with Crippen LogP contribution in [0.3, 0.4) is 0 Å². The number of halogens is 1. The summed E-state index contributed by atoms with van der Waals surface area (Å²) in [4.78, 5) is 37.6. The van der Waals surface area contributed by atoms with Gasteiger partial charge in [-0.15, -0.1) is 11.6 Å². The molecule has 1 aromatic heterocycles. The van der Waals surface area contributed by atoms with E-state index >= 15 is 0 Å². The van der Waals surface area contributed by atoms with E-state index in [0.717, 1.165) is 42.4 Å². The van der Waals surface area contributed by atoms with Crippen molar-refractivity contribution >= 4 is 29.2 Å². The molecule has 3 heterocycles. The molecule has 2 fully saturated rings. The summed E-state index contributed by atoms with van der Waals surface area (Å²) in [7, 11) is 0. The summed E-state index contributed by atoms with van der Waals surface area (Å²) in [6.07, 6.45) is 4.07. The Morgan fingerprint density at radius 3 is 2.80 bits per heavy atom. The van der Waals surface area contributed by atoms with Crippen LogP contribution in [0, 0.1) is 12.8 Å². The van der Waals surface area contributed by atoms with E-state index in [-0.39, 0.29) is 17.7 Å². The van der Waals surface area contributed by atoms with Crippen molar-refractivity contribution in [3.63, 3.8) is 0 Å². The van der Waals surface area contributed by atoms with Crippen LogP contribution in [0.4, 0.5) is 5.82 Å². The average Bonchev–Trinajstić information content (AvgIpc) is 3.15. The van der Waals surface area contributed by atoms with Crippen LogP contribution in [0.15, 0.2) is 0 Å². The van der Waals surface area contributed by atoms with Gasteiger partial charge in [-0.1, -0.05) is 0 Å². The zero-order chi connectivity index (χ0) is 17.6. The standard InChI is InChI=1S/C18H23ClN4O2/c1-11-14-8-16(25)23(9-12-2-3-12)18(14)21-17(20-11)13-5-7-22(10-13)15(24)4-6-19/h12-13H,2-10H2,1H3. The first-order valence-corrected chi connectivity index (χ1v) is 9.61. The van der Waals surface area contributed by atoms with Gasteiger partial charge < -0.3 is 4.90 Å². The van der Waals surface area contributed by atoms with Crippen molar-refractivity contribution in [3.8, 4) is 0 Å². The van der Waals surface area contributed by atoms with Gasteiger partial charge in [-0.25, -0.2) is 9.97 Å². The first-order chi connectivity index (χ1) is 12.1. The van der Waals surface area contributed by atoms with Crippen molar-refractivity contribution in [2.24, 2.45) is 5.92 Å². The van der Waals surface area contributed by atoms with E-state index in [4.69, 9.17) is 16.6 Å². The molecule has 2 aliphatic heterocycles. The van der Waals surface area contributed by atoms with E-state index in [2.05, 4.69) is 4.98 Å². The number of likely N-dealkylation sites (tertiary alicyclic amines) is 1. The number of rotatable bonds is 5. The minimum Gasteiger partial charge on any atom is -0.342 e. The molecule has 0 spiro atoms. The molecule has 1 atom stereocenters. The Hall–Kier alpha value is -1.69. The SMILES string of the molecule is Cc1nc(C2CCN(C(=O)CCCl)C2)nc2c1CC(=O)N2CC1CC1. The minimum absolute atomic E-state index is 0.0981. The molecule has 0 N–H and O–H groups in total. The van der Waals surface area contributed by atoms with Crippen LogP contribution in [0.1, 0.15) is 48.7 Å². The fourth-order valence-electron chi connectivity index (χ4n) is 3.76. The molecular weight excluding hydrogens is 340 g/mol. The number of aromatic nitrogens is 2. The van der Waals surface area contributed by atoms with Gasteiger partial charge in [-0.2, -0.15) is 0 Å². The van der Waals surface area contributed by atoms with E-state index < -0.39 is 0 Å². The summed E-state index contributed by atoms with van der Waals surface area (Å²) in [5.41, 5.74) is 1.87. The van der Waals surface area contributed by atoms with Crippen molar-refractivity contribution in [2.75, 3.05) is 30.4 Å². The van der Waals surface area contributed by atoms with Gasteiger partial charge in [-0.3, -0.25) is 14.5 Å². The maximum atomic E-state index is 12.4. The molecule has 1 aromatic rings. The molecule has 2 amide bonds. The number of aryl methyl sites for hydroxylation is 1. The van der Waals surface area contributed by atoms with E-state index in [0.29, 0.717) is 31.2 Å². The first-order valence-electron chi connectivity index (χ1n) is 9.08. The van der Waals surface area contributed by atoms with Gasteiger partial charge in [0.1, 0.15) is 11.6 Å². The molecule has 0 bridgehead atoms. The molecule has 0 aromatic carbocycles. The van der Waals surface area contributed by atoms with Crippen LogP contribution in [-0.4, -0.2) is 52.2 Å². The third-order valence-electron chi connectivity index (χ3n) is 5.45. The fraction of sp³-hybridized carbons (Fsp3) is 0.667. The Morgan fingerprint density at radius 2 is 2.08 bits per heavy atom. The predicted molar refractivity (Wildman–Crippen MR) is 94.8 cm³/mol. The molecule has 25 heavy (non-hydrogen) atoms. The Bertz CT molecular complexity index is 719. The highest BCUT2D eigenvalue weighted by atomic mass is 35.5. The van der Waals surface area contributed by atoms with Gasteiger partial charge in [-0.05, 0) is 32.1 Å². The molecule has 4 rings (SSSR count). The summed E-state index contributed by atoms with van der Waals surface area (Å²) in [5.74, 6) is 2.94. The normalized spacial score (nSPS) is 22.6. The number of alkyl halides is 1. The largest absolute Gasteiger partial charge is 0.342 e. The van der Waals surface area contributed by atoms with Crippen LogP contribution in [0.2, 0.25) is 0 Å². The van der Waals surface area contributed by atoms with Crippen LogP contribution in [0.25, 0.3) is 0 Å². The monoisotopic (exact) mass is 362 g/mol. The van der Waals surface area contributed by atoms with Crippen LogP contribution in [-0.2, 0) is 16.0 Å². The number of hydrogen-bond donors (Lipinski definition) is 0. The number of nitrogens with zero attached hydrogens (tertiary/aromatic N) is 4. The Morgan fingerprint density at radius 1 is 1.28 bits per heavy atom. The van der Waals surface area contributed by atoms with Crippen molar-refractivity contribution in [1.82, 2.24) is 14.9 Å². The second kappa shape index (κ2) is 6.56. The second-order valence-electron chi connectivity index (χ2n) is 7.36. The van der Waals surface area contributed by atoms with Gasteiger partial charge in [0, 0.05) is 49.1 Å². The molecule has 7 heteroatoms. The summed E-state index contributed by atoms with van der Waals surface area (Å²) in [5, 5.41) is 0. The van der Waals surface area contributed by atoms with Crippen LogP contribution < -0.4 is 4.90 Å². The highest BCUT2D eigenvalue weighted by Gasteiger charge is 2.37. The predicted octanol–water partition coefficient (Wildman–Crippen LogP) is 2.03. The third-order valence-corrected chi connectivity index (χ3v) is 5.64. The number of hydrogen-bond acceptors (Lipinski definition) is 4. The molecule has 1 saturated carbocycles. The molecule has 134 valence electrons. The lowest BCUT2D eigenvalue weighted by Crippen LogP contribution is -2.30. The molecule has 1 aliphatic carbocycles. The summed E-state index contributed by atoms with van der Waals surface area (Å²) in [6.45, 7) is 4.12. The Kier molecular flexibility index (Phi) is 4.40. The van der Waals surface area contributed by atoms with Crippen LogP contribution in [0.5, 0.6) is 0 Å².